The molecule has 0 N–H and O–H groups in total. The largest absolute Gasteiger partial charge is 0.491 e. The third-order valence-electron chi connectivity index (χ3n) is 3.01. The molecule has 3 heterocycles. The van der Waals surface area contributed by atoms with Crippen LogP contribution in [-0.2, 0) is 4.79 Å². The van der Waals surface area contributed by atoms with E-state index in [1.165, 1.54) is 29.8 Å². The molecule has 2 aromatic rings. The minimum atomic E-state index is -0.0197. The zero-order valence-corrected chi connectivity index (χ0v) is 12.5. The Kier molecular flexibility index (Phi) is 3.20. The van der Waals surface area contributed by atoms with Crippen molar-refractivity contribution >= 4 is 33.4 Å². The number of carbonyl (C=O) groups excluding carboxylic acids is 1. The number of rotatable bonds is 3. The number of fused-ring (bicyclic) bond motifs is 1. The van der Waals surface area contributed by atoms with Crippen LogP contribution in [0.4, 0.5) is 5.95 Å². The number of methoxy groups -OCH3 is 2. The molecule has 1 aliphatic heterocycles. The predicted molar refractivity (Wildman–Crippen MR) is 73.6 cm³/mol. The molecule has 0 saturated carbocycles. The topological polar surface area (TPSA) is 81.9 Å². The minimum absolute atomic E-state index is 0.0197. The molecule has 0 aliphatic carbocycles. The Balaban J connectivity index is 2.12. The number of carbonyl (C=O) groups is 1. The van der Waals surface area contributed by atoms with Crippen LogP contribution < -0.4 is 14.4 Å². The number of hydrogen-bond donors (Lipinski definition) is 0. The molecular formula is C11H12BrN5O3. The summed E-state index contributed by atoms with van der Waals surface area (Å²) in [7, 11) is 3.01. The Morgan fingerprint density at radius 2 is 2.20 bits per heavy atom. The van der Waals surface area contributed by atoms with Gasteiger partial charge in [-0.3, -0.25) is 9.69 Å². The average Bonchev–Trinajstić information content (AvgIpc) is 3.00. The normalized spacial score (nSPS) is 18.9. The smallest absolute Gasteiger partial charge is 0.319 e. The average molecular weight is 342 g/mol. The van der Waals surface area contributed by atoms with Crippen molar-refractivity contribution in [3.8, 4) is 11.8 Å². The summed E-state index contributed by atoms with van der Waals surface area (Å²) in [6.45, 7) is 0.535. The van der Waals surface area contributed by atoms with Crippen molar-refractivity contribution < 1.29 is 14.3 Å². The fourth-order valence-corrected chi connectivity index (χ4v) is 2.64. The van der Waals surface area contributed by atoms with Crippen molar-refractivity contribution in [2.24, 2.45) is 0 Å². The molecule has 0 spiro atoms. The number of anilines is 1. The van der Waals surface area contributed by atoms with Crippen molar-refractivity contribution in [2.45, 2.75) is 11.2 Å². The van der Waals surface area contributed by atoms with Crippen molar-refractivity contribution in [3.63, 3.8) is 0 Å². The van der Waals surface area contributed by atoms with Gasteiger partial charge in [0.05, 0.1) is 20.4 Å². The van der Waals surface area contributed by atoms with Crippen LogP contribution in [0.5, 0.6) is 11.8 Å². The number of amides is 1. The van der Waals surface area contributed by atoms with E-state index in [0.29, 0.717) is 30.3 Å². The fraction of sp³-hybridized carbons (Fsp3) is 0.455. The van der Waals surface area contributed by atoms with Gasteiger partial charge < -0.3 is 9.47 Å². The van der Waals surface area contributed by atoms with E-state index < -0.39 is 0 Å². The number of aromatic nitrogens is 4. The number of hydrogen-bond acceptors (Lipinski definition) is 6. The van der Waals surface area contributed by atoms with Crippen molar-refractivity contribution in [2.75, 3.05) is 25.7 Å². The zero-order valence-electron chi connectivity index (χ0n) is 10.9. The summed E-state index contributed by atoms with van der Waals surface area (Å²) >= 11 is 3.43. The number of halogens is 1. The van der Waals surface area contributed by atoms with Gasteiger partial charge in [0, 0.05) is 17.8 Å². The quantitative estimate of drug-likeness (QED) is 0.762. The van der Waals surface area contributed by atoms with E-state index in [-0.39, 0.29) is 16.7 Å². The van der Waals surface area contributed by atoms with Gasteiger partial charge in [0.1, 0.15) is 0 Å². The molecular weight excluding hydrogens is 330 g/mol. The van der Waals surface area contributed by atoms with Crippen LogP contribution in [0.25, 0.3) is 5.65 Å². The highest BCUT2D eigenvalue weighted by Gasteiger charge is 2.32. The molecule has 1 fully saturated rings. The Labute approximate surface area is 122 Å². The lowest BCUT2D eigenvalue weighted by Crippen LogP contribution is -2.25. The second-order valence-electron chi connectivity index (χ2n) is 4.27. The predicted octanol–water partition coefficient (Wildman–Crippen LogP) is 0.642. The molecule has 1 unspecified atom stereocenters. The molecule has 8 nitrogen and oxygen atoms in total. The molecule has 2 aromatic heterocycles. The summed E-state index contributed by atoms with van der Waals surface area (Å²) in [4.78, 5) is 22.0. The van der Waals surface area contributed by atoms with Gasteiger partial charge in [-0.1, -0.05) is 15.9 Å². The first kappa shape index (κ1) is 13.1. The third-order valence-corrected chi connectivity index (χ3v) is 3.62. The third kappa shape index (κ3) is 1.98. The maximum Gasteiger partial charge on any atom is 0.319 e. The lowest BCUT2D eigenvalue weighted by molar-refractivity contribution is -0.117. The van der Waals surface area contributed by atoms with Crippen LogP contribution in [0.1, 0.15) is 6.42 Å². The molecule has 20 heavy (non-hydrogen) atoms. The van der Waals surface area contributed by atoms with E-state index in [4.69, 9.17) is 9.47 Å². The number of nitrogens with zero attached hydrogens (tertiary/aromatic N) is 5. The van der Waals surface area contributed by atoms with E-state index in [9.17, 15) is 4.79 Å². The van der Waals surface area contributed by atoms with Gasteiger partial charge in [-0.05, 0) is 0 Å². The van der Waals surface area contributed by atoms with Gasteiger partial charge in [0.15, 0.2) is 5.75 Å². The van der Waals surface area contributed by atoms with E-state index >= 15 is 0 Å². The second-order valence-corrected chi connectivity index (χ2v) is 5.56. The van der Waals surface area contributed by atoms with Crippen LogP contribution in [0.3, 0.4) is 0 Å². The first-order chi connectivity index (χ1) is 9.63. The van der Waals surface area contributed by atoms with Crippen molar-refractivity contribution in [1.29, 1.82) is 0 Å². The van der Waals surface area contributed by atoms with Gasteiger partial charge in [0.2, 0.25) is 11.6 Å². The molecule has 1 aliphatic rings. The summed E-state index contributed by atoms with van der Waals surface area (Å²) in [6.07, 6.45) is 1.94. The van der Waals surface area contributed by atoms with Crippen LogP contribution in [-0.4, -0.2) is 51.1 Å². The molecule has 106 valence electrons. The SMILES string of the molecule is COc1cnc(OC)n2nc(N3CC(Br)CC3=O)nc12. The molecule has 0 radical (unpaired) electrons. The van der Waals surface area contributed by atoms with Crippen molar-refractivity contribution in [3.05, 3.63) is 6.20 Å². The van der Waals surface area contributed by atoms with Crippen LogP contribution >= 0.6 is 15.9 Å². The standard InChI is InChI=1S/C11H12BrN5O3/c1-19-7-4-13-11(20-2)17-9(7)14-10(15-17)16-5-6(12)3-8(16)18/h4,6H,3,5H2,1-2H3. The summed E-state index contributed by atoms with van der Waals surface area (Å²) in [5, 5.41) is 4.28. The van der Waals surface area contributed by atoms with Crippen LogP contribution in [0.2, 0.25) is 0 Å². The van der Waals surface area contributed by atoms with E-state index in [1.54, 1.807) is 0 Å². The van der Waals surface area contributed by atoms with E-state index in [0.717, 1.165) is 0 Å². The number of alkyl halides is 1. The molecule has 9 heteroatoms. The highest BCUT2D eigenvalue weighted by Crippen LogP contribution is 2.27. The van der Waals surface area contributed by atoms with Crippen LogP contribution in [0, 0.1) is 0 Å². The summed E-state index contributed by atoms with van der Waals surface area (Å²) in [6, 6.07) is 0.279. The second kappa shape index (κ2) is 4.89. The highest BCUT2D eigenvalue weighted by molar-refractivity contribution is 9.09. The van der Waals surface area contributed by atoms with Crippen LogP contribution in [0.15, 0.2) is 6.20 Å². The molecule has 3 rings (SSSR count). The first-order valence-electron chi connectivity index (χ1n) is 5.92. The maximum atomic E-state index is 11.9. The molecule has 1 atom stereocenters. The van der Waals surface area contributed by atoms with Gasteiger partial charge in [-0.2, -0.15) is 14.5 Å². The Hall–Kier alpha value is -1.90. The fourth-order valence-electron chi connectivity index (χ4n) is 2.08. The number of ether oxygens (including phenoxy) is 2. The van der Waals surface area contributed by atoms with Crippen molar-refractivity contribution in [1.82, 2.24) is 19.6 Å². The van der Waals surface area contributed by atoms with Gasteiger partial charge in [-0.15, -0.1) is 5.10 Å². The lowest BCUT2D eigenvalue weighted by atomic mass is 10.4. The molecule has 0 bridgehead atoms. The highest BCUT2D eigenvalue weighted by atomic mass is 79.9. The Morgan fingerprint density at radius 3 is 2.80 bits per heavy atom. The summed E-state index contributed by atoms with van der Waals surface area (Å²) in [5.41, 5.74) is 0.458. The minimum Gasteiger partial charge on any atom is -0.491 e. The van der Waals surface area contributed by atoms with Gasteiger partial charge in [0.25, 0.3) is 5.95 Å². The Morgan fingerprint density at radius 1 is 1.40 bits per heavy atom. The maximum absolute atomic E-state index is 11.9. The van der Waals surface area contributed by atoms with Gasteiger partial charge in [-0.25, -0.2) is 0 Å². The Bertz CT molecular complexity index is 632. The summed E-state index contributed by atoms with van der Waals surface area (Å²) < 4.78 is 11.7. The zero-order chi connectivity index (χ0) is 14.3. The molecule has 1 saturated heterocycles. The first-order valence-corrected chi connectivity index (χ1v) is 6.83. The summed E-state index contributed by atoms with van der Waals surface area (Å²) in [5.74, 6) is 0.766. The lowest BCUT2D eigenvalue weighted by Gasteiger charge is -2.09. The molecule has 0 aromatic carbocycles. The van der Waals surface area contributed by atoms with Gasteiger partial charge >= 0.3 is 6.01 Å². The molecule has 1 amide bonds. The van der Waals surface area contributed by atoms with E-state index in [2.05, 4.69) is 31.0 Å². The van der Waals surface area contributed by atoms with E-state index in [1.807, 2.05) is 0 Å². The monoisotopic (exact) mass is 341 g/mol.